The fraction of sp³-hybridized carbons (Fsp3) is 0.300. The van der Waals surface area contributed by atoms with Crippen LogP contribution < -0.4 is 4.74 Å². The van der Waals surface area contributed by atoms with E-state index in [9.17, 15) is 15.0 Å². The molecule has 1 aliphatic rings. The van der Waals surface area contributed by atoms with Gasteiger partial charge in [-0.3, -0.25) is 4.90 Å². The summed E-state index contributed by atoms with van der Waals surface area (Å²) in [6.07, 6.45) is 0.709. The van der Waals surface area contributed by atoms with E-state index in [0.29, 0.717) is 51.9 Å². The molecule has 0 fully saturated rings. The molecule has 0 amide bonds. The van der Waals surface area contributed by atoms with E-state index in [1.54, 1.807) is 6.92 Å². The average Bonchev–Trinajstić information content (AvgIpc) is 3.21. The fourth-order valence-electron chi connectivity index (χ4n) is 5.30. The van der Waals surface area contributed by atoms with Gasteiger partial charge in [-0.1, -0.05) is 42.5 Å². The van der Waals surface area contributed by atoms with Gasteiger partial charge in [0.15, 0.2) is 0 Å². The van der Waals surface area contributed by atoms with Gasteiger partial charge in [0.25, 0.3) is 0 Å². The first-order chi connectivity index (χ1) is 18.4. The largest absolute Gasteiger partial charge is 0.506 e. The first-order valence-corrected chi connectivity index (χ1v) is 13.5. The highest BCUT2D eigenvalue weighted by molar-refractivity contribution is 9.10. The maximum atomic E-state index is 13.4. The zero-order valence-corrected chi connectivity index (χ0v) is 23.1. The van der Waals surface area contributed by atoms with E-state index in [2.05, 4.69) is 33.0 Å². The van der Waals surface area contributed by atoms with Crippen molar-refractivity contribution in [2.24, 2.45) is 7.05 Å². The summed E-state index contributed by atoms with van der Waals surface area (Å²) in [4.78, 5) is 15.5. The number of hydrogen-bond acceptors (Lipinski definition) is 6. The van der Waals surface area contributed by atoms with Crippen LogP contribution in [0.15, 0.2) is 65.1 Å². The number of phenolic OH excluding ortho intramolecular Hbond substituents is 1. The zero-order chi connectivity index (χ0) is 26.8. The van der Waals surface area contributed by atoms with Gasteiger partial charge in [-0.05, 0) is 58.6 Å². The number of carbonyl (C=O) groups excluding carboxylic acids is 1. The number of halogens is 1. The van der Waals surface area contributed by atoms with Crippen LogP contribution in [0.2, 0.25) is 0 Å². The Morgan fingerprint density at radius 2 is 1.82 bits per heavy atom. The molecule has 1 aromatic heterocycles. The van der Waals surface area contributed by atoms with Crippen molar-refractivity contribution in [3.05, 3.63) is 93.1 Å². The number of ether oxygens (including phenoxy) is 2. The number of aryl methyl sites for hydroxylation is 1. The molecule has 0 unspecified atom stereocenters. The summed E-state index contributed by atoms with van der Waals surface area (Å²) in [5.74, 6) is 0.296. The minimum Gasteiger partial charge on any atom is -0.506 e. The summed E-state index contributed by atoms with van der Waals surface area (Å²) >= 11 is 3.52. The van der Waals surface area contributed by atoms with Crippen LogP contribution >= 0.6 is 15.9 Å². The highest BCUT2D eigenvalue weighted by atomic mass is 79.9. The molecule has 7 nitrogen and oxygen atoms in total. The average molecular weight is 579 g/mol. The van der Waals surface area contributed by atoms with Crippen molar-refractivity contribution >= 4 is 32.8 Å². The van der Waals surface area contributed by atoms with Gasteiger partial charge < -0.3 is 24.3 Å². The van der Waals surface area contributed by atoms with Crippen LogP contribution in [-0.2, 0) is 37.9 Å². The van der Waals surface area contributed by atoms with E-state index in [1.165, 1.54) is 11.1 Å². The van der Waals surface area contributed by atoms with Gasteiger partial charge in [0.2, 0.25) is 0 Å². The van der Waals surface area contributed by atoms with Crippen molar-refractivity contribution < 1.29 is 24.5 Å². The molecule has 3 aromatic carbocycles. The number of carbonyl (C=O) groups is 1. The van der Waals surface area contributed by atoms with Gasteiger partial charge in [0, 0.05) is 37.1 Å². The number of aliphatic hydroxyl groups is 1. The molecule has 0 spiro atoms. The molecule has 1 atom stereocenters. The minimum atomic E-state index is -0.463. The minimum absolute atomic E-state index is 0.0120. The highest BCUT2D eigenvalue weighted by Crippen LogP contribution is 2.41. The van der Waals surface area contributed by atoms with Crippen LogP contribution in [-0.4, -0.2) is 44.9 Å². The normalized spacial score (nSPS) is 15.4. The maximum Gasteiger partial charge on any atom is 0.340 e. The number of benzene rings is 3. The smallest absolute Gasteiger partial charge is 0.340 e. The van der Waals surface area contributed by atoms with E-state index in [0.717, 1.165) is 5.52 Å². The lowest BCUT2D eigenvalue weighted by atomic mass is 9.93. The summed E-state index contributed by atoms with van der Waals surface area (Å²) in [5.41, 5.74) is 4.84. The molecule has 2 N–H and O–H groups in total. The van der Waals surface area contributed by atoms with Crippen molar-refractivity contribution in [3.8, 4) is 11.5 Å². The Bertz CT molecular complexity index is 1470. The third-order valence-corrected chi connectivity index (χ3v) is 7.88. The van der Waals surface area contributed by atoms with E-state index in [1.807, 2.05) is 60.1 Å². The fourth-order valence-corrected chi connectivity index (χ4v) is 5.76. The van der Waals surface area contributed by atoms with Crippen LogP contribution in [0.5, 0.6) is 11.5 Å². The van der Waals surface area contributed by atoms with Gasteiger partial charge >= 0.3 is 5.97 Å². The third kappa shape index (κ3) is 4.91. The van der Waals surface area contributed by atoms with E-state index < -0.39 is 5.97 Å². The van der Waals surface area contributed by atoms with Gasteiger partial charge in [0.05, 0.1) is 34.5 Å². The second-order valence-electron chi connectivity index (χ2n) is 9.50. The molecule has 0 radical (unpaired) electrons. The van der Waals surface area contributed by atoms with Crippen LogP contribution in [0.4, 0.5) is 0 Å². The topological polar surface area (TPSA) is 84.2 Å². The Labute approximate surface area is 230 Å². The Hall–Kier alpha value is -3.33. The lowest BCUT2D eigenvalue weighted by molar-refractivity contribution is 0.0525. The molecule has 0 bridgehead atoms. The number of nitrogens with zero attached hydrogens (tertiary/aromatic N) is 2. The van der Waals surface area contributed by atoms with Crippen molar-refractivity contribution in [1.82, 2.24) is 9.47 Å². The number of fused-ring (bicyclic) bond motifs is 2. The molecule has 0 saturated carbocycles. The molecular formula is C30H31BrN2O5. The van der Waals surface area contributed by atoms with Gasteiger partial charge in [-0.15, -0.1) is 0 Å². The predicted octanol–water partition coefficient (Wildman–Crippen LogP) is 5.32. The number of aromatic nitrogens is 1. The molecule has 2 heterocycles. The van der Waals surface area contributed by atoms with Gasteiger partial charge in [0.1, 0.15) is 18.1 Å². The molecule has 0 saturated heterocycles. The molecule has 5 rings (SSSR count). The Kier molecular flexibility index (Phi) is 7.74. The van der Waals surface area contributed by atoms with Crippen LogP contribution in [0.3, 0.4) is 0 Å². The molecule has 4 aromatic rings. The molecule has 1 aliphatic heterocycles. The quantitative estimate of drug-likeness (QED) is 0.275. The van der Waals surface area contributed by atoms with Crippen molar-refractivity contribution in [2.75, 3.05) is 13.2 Å². The second-order valence-corrected chi connectivity index (χ2v) is 10.4. The third-order valence-electron chi connectivity index (χ3n) is 7.27. The van der Waals surface area contributed by atoms with Gasteiger partial charge in [-0.25, -0.2) is 4.79 Å². The summed E-state index contributed by atoms with van der Waals surface area (Å²) in [7, 11) is 1.88. The van der Waals surface area contributed by atoms with E-state index >= 15 is 0 Å². The number of rotatable bonds is 8. The summed E-state index contributed by atoms with van der Waals surface area (Å²) < 4.78 is 14.0. The summed E-state index contributed by atoms with van der Waals surface area (Å²) in [6.45, 7) is 3.10. The summed E-state index contributed by atoms with van der Waals surface area (Å²) in [6, 6.07) is 19.4. The molecule has 0 aliphatic carbocycles. The number of esters is 1. The number of phenols is 1. The number of para-hydroxylation sites is 1. The lowest BCUT2D eigenvalue weighted by Crippen LogP contribution is -2.42. The van der Waals surface area contributed by atoms with E-state index in [-0.39, 0.29) is 31.6 Å². The molecular weight excluding hydrogens is 548 g/mol. The first kappa shape index (κ1) is 26.3. The number of aromatic hydroxyl groups is 1. The predicted molar refractivity (Wildman–Crippen MR) is 149 cm³/mol. The molecule has 8 heteroatoms. The summed E-state index contributed by atoms with van der Waals surface area (Å²) in [5, 5.41) is 22.2. The Balaban J connectivity index is 1.63. The highest BCUT2D eigenvalue weighted by Gasteiger charge is 2.31. The Morgan fingerprint density at radius 1 is 1.11 bits per heavy atom. The van der Waals surface area contributed by atoms with Crippen molar-refractivity contribution in [3.63, 3.8) is 0 Å². The molecule has 38 heavy (non-hydrogen) atoms. The standard InChI is InChI=1S/C30H31BrN2O5/c1-3-37-30(36)28-26(18-38-22-11-5-4-6-12-22)32(2)25-14-24(31)29(35)23(27(25)28)16-33-15-20-10-8-7-9-19(20)13-21(33)17-34/h4-12,14,21,34-35H,3,13,15-18H2,1-2H3/t21-/m0/s1. The first-order valence-electron chi connectivity index (χ1n) is 12.7. The van der Waals surface area contributed by atoms with Crippen LogP contribution in [0.1, 0.15) is 39.7 Å². The van der Waals surface area contributed by atoms with Crippen molar-refractivity contribution in [2.45, 2.75) is 39.1 Å². The number of aliphatic hydroxyl groups excluding tert-OH is 1. The zero-order valence-electron chi connectivity index (χ0n) is 21.5. The number of hydrogen-bond donors (Lipinski definition) is 2. The van der Waals surface area contributed by atoms with Gasteiger partial charge in [-0.2, -0.15) is 0 Å². The SMILES string of the molecule is CCOC(=O)c1c(COc2ccccc2)n(C)c2cc(Br)c(O)c(CN3Cc4ccccc4C[C@H]3CO)c12. The second kappa shape index (κ2) is 11.2. The maximum absolute atomic E-state index is 13.4. The monoisotopic (exact) mass is 578 g/mol. The van der Waals surface area contributed by atoms with Crippen LogP contribution in [0, 0.1) is 0 Å². The van der Waals surface area contributed by atoms with Crippen molar-refractivity contribution in [1.29, 1.82) is 0 Å². The Morgan fingerprint density at radius 3 is 2.53 bits per heavy atom. The molecule has 198 valence electrons. The van der Waals surface area contributed by atoms with Crippen LogP contribution in [0.25, 0.3) is 10.9 Å². The van der Waals surface area contributed by atoms with E-state index in [4.69, 9.17) is 9.47 Å². The lowest BCUT2D eigenvalue weighted by Gasteiger charge is -2.36.